The van der Waals surface area contributed by atoms with Crippen molar-refractivity contribution in [2.45, 2.75) is 25.9 Å². The molecule has 0 heterocycles. The molecule has 0 aliphatic heterocycles. The van der Waals surface area contributed by atoms with Crippen LogP contribution < -0.4 is 5.32 Å². The van der Waals surface area contributed by atoms with E-state index in [2.05, 4.69) is 5.32 Å². The first kappa shape index (κ1) is 13.2. The van der Waals surface area contributed by atoms with Crippen molar-refractivity contribution in [3.05, 3.63) is 0 Å². The zero-order valence-corrected chi connectivity index (χ0v) is 8.00. The lowest BCUT2D eigenvalue weighted by atomic mass is 10.3. The summed E-state index contributed by atoms with van der Waals surface area (Å²) >= 11 is 0. The Hall–Kier alpha value is -0.750. The summed E-state index contributed by atoms with van der Waals surface area (Å²) in [6.45, 7) is 2.13. The molecule has 0 bridgehead atoms. The number of nitrogens with one attached hydrogen (secondary N) is 1. The molecular weight excluding hydrogens is 196 g/mol. The van der Waals surface area contributed by atoms with Crippen LogP contribution in [0.4, 0.5) is 8.78 Å². The van der Waals surface area contributed by atoms with Crippen molar-refractivity contribution in [2.24, 2.45) is 0 Å². The standard InChI is InChI=1S/C8H15F2NO3/c1-2-14-4-3-7(13)11-5-6(12)8(9)10/h6,8,12H,2-5H2,1H3,(H,11,13). The first-order valence-corrected chi connectivity index (χ1v) is 4.38. The molecule has 84 valence electrons. The maximum Gasteiger partial charge on any atom is 0.265 e. The van der Waals surface area contributed by atoms with Gasteiger partial charge in [-0.15, -0.1) is 0 Å². The van der Waals surface area contributed by atoms with Gasteiger partial charge in [0.2, 0.25) is 5.91 Å². The summed E-state index contributed by atoms with van der Waals surface area (Å²) < 4.78 is 28.4. The Kier molecular flexibility index (Phi) is 7.23. The summed E-state index contributed by atoms with van der Waals surface area (Å²) in [4.78, 5) is 10.9. The summed E-state index contributed by atoms with van der Waals surface area (Å²) in [5.74, 6) is -0.404. The second-order valence-corrected chi connectivity index (χ2v) is 2.65. The van der Waals surface area contributed by atoms with E-state index in [-0.39, 0.29) is 13.0 Å². The van der Waals surface area contributed by atoms with Crippen LogP contribution in [0.5, 0.6) is 0 Å². The molecule has 4 nitrogen and oxygen atoms in total. The molecule has 6 heteroatoms. The quantitative estimate of drug-likeness (QED) is 0.589. The number of rotatable bonds is 7. The van der Waals surface area contributed by atoms with Crippen LogP contribution in [0.2, 0.25) is 0 Å². The molecule has 0 rings (SSSR count). The zero-order valence-electron chi connectivity index (χ0n) is 8.00. The van der Waals surface area contributed by atoms with Crippen LogP contribution in [-0.2, 0) is 9.53 Å². The van der Waals surface area contributed by atoms with Crippen LogP contribution in [0.3, 0.4) is 0 Å². The van der Waals surface area contributed by atoms with E-state index in [1.807, 2.05) is 0 Å². The van der Waals surface area contributed by atoms with E-state index in [1.165, 1.54) is 0 Å². The Morgan fingerprint density at radius 3 is 2.71 bits per heavy atom. The molecule has 0 spiro atoms. The van der Waals surface area contributed by atoms with Gasteiger partial charge in [0.25, 0.3) is 6.43 Å². The van der Waals surface area contributed by atoms with Gasteiger partial charge >= 0.3 is 0 Å². The molecule has 0 aromatic carbocycles. The number of aliphatic hydroxyl groups excluding tert-OH is 1. The minimum atomic E-state index is -2.83. The summed E-state index contributed by atoms with van der Waals surface area (Å²) in [6, 6.07) is 0. The van der Waals surface area contributed by atoms with Gasteiger partial charge in [-0.2, -0.15) is 0 Å². The predicted molar refractivity (Wildman–Crippen MR) is 46.1 cm³/mol. The van der Waals surface area contributed by atoms with Crippen molar-refractivity contribution >= 4 is 5.91 Å². The minimum Gasteiger partial charge on any atom is -0.385 e. The highest BCUT2D eigenvalue weighted by atomic mass is 19.3. The molecule has 1 amide bonds. The van der Waals surface area contributed by atoms with E-state index >= 15 is 0 Å². The topological polar surface area (TPSA) is 58.6 Å². The Balaban J connectivity index is 3.44. The number of alkyl halides is 2. The van der Waals surface area contributed by atoms with E-state index in [0.29, 0.717) is 6.61 Å². The number of halogens is 2. The highest BCUT2D eigenvalue weighted by Crippen LogP contribution is 1.98. The van der Waals surface area contributed by atoms with E-state index in [0.717, 1.165) is 0 Å². The first-order valence-electron chi connectivity index (χ1n) is 4.38. The van der Waals surface area contributed by atoms with Crippen LogP contribution in [0, 0.1) is 0 Å². The number of ether oxygens (including phenoxy) is 1. The monoisotopic (exact) mass is 211 g/mol. The Bertz CT molecular complexity index is 167. The Morgan fingerprint density at radius 1 is 1.57 bits per heavy atom. The van der Waals surface area contributed by atoms with E-state index in [9.17, 15) is 13.6 Å². The lowest BCUT2D eigenvalue weighted by Crippen LogP contribution is -2.36. The van der Waals surface area contributed by atoms with Gasteiger partial charge in [0.1, 0.15) is 6.10 Å². The molecular formula is C8H15F2NO3. The molecule has 1 unspecified atom stereocenters. The number of aliphatic hydroxyl groups is 1. The van der Waals surface area contributed by atoms with E-state index < -0.39 is 25.0 Å². The first-order chi connectivity index (χ1) is 6.57. The lowest BCUT2D eigenvalue weighted by molar-refractivity contribution is -0.123. The summed E-state index contributed by atoms with van der Waals surface area (Å²) in [6.07, 6.45) is -4.52. The molecule has 0 aliphatic rings. The third-order valence-electron chi connectivity index (χ3n) is 1.48. The van der Waals surface area contributed by atoms with E-state index in [4.69, 9.17) is 9.84 Å². The third-order valence-corrected chi connectivity index (χ3v) is 1.48. The van der Waals surface area contributed by atoms with Gasteiger partial charge in [0.15, 0.2) is 0 Å². The summed E-state index contributed by atoms with van der Waals surface area (Å²) in [5.41, 5.74) is 0. The second-order valence-electron chi connectivity index (χ2n) is 2.65. The van der Waals surface area contributed by atoms with Crippen molar-refractivity contribution in [1.82, 2.24) is 5.32 Å². The number of hydrogen-bond acceptors (Lipinski definition) is 3. The van der Waals surface area contributed by atoms with Crippen molar-refractivity contribution in [2.75, 3.05) is 19.8 Å². The minimum absolute atomic E-state index is 0.115. The maximum atomic E-state index is 11.8. The highest BCUT2D eigenvalue weighted by molar-refractivity contribution is 5.75. The average molecular weight is 211 g/mol. The normalized spacial score (nSPS) is 12.9. The number of carbonyl (C=O) groups is 1. The van der Waals surface area contributed by atoms with Gasteiger partial charge in [-0.05, 0) is 6.92 Å². The van der Waals surface area contributed by atoms with Gasteiger partial charge in [-0.25, -0.2) is 8.78 Å². The SMILES string of the molecule is CCOCCC(=O)NCC(O)C(F)F. The molecule has 0 saturated carbocycles. The molecule has 0 aromatic heterocycles. The summed E-state index contributed by atoms with van der Waals surface area (Å²) in [5, 5.41) is 10.8. The zero-order chi connectivity index (χ0) is 11.0. The third kappa shape index (κ3) is 6.73. The largest absolute Gasteiger partial charge is 0.385 e. The van der Waals surface area contributed by atoms with Gasteiger partial charge < -0.3 is 15.2 Å². The van der Waals surface area contributed by atoms with Crippen molar-refractivity contribution in [3.8, 4) is 0 Å². The molecule has 0 aliphatic carbocycles. The maximum absolute atomic E-state index is 11.8. The molecule has 1 atom stereocenters. The van der Waals surface area contributed by atoms with Crippen molar-refractivity contribution in [3.63, 3.8) is 0 Å². The predicted octanol–water partition coefficient (Wildman–Crippen LogP) is 0.155. The van der Waals surface area contributed by atoms with Crippen LogP contribution >= 0.6 is 0 Å². The molecule has 2 N–H and O–H groups in total. The molecule has 0 fully saturated rings. The Morgan fingerprint density at radius 2 is 2.21 bits per heavy atom. The number of hydrogen-bond donors (Lipinski definition) is 2. The van der Waals surface area contributed by atoms with Crippen molar-refractivity contribution < 1.29 is 23.4 Å². The summed E-state index contributed by atoms with van der Waals surface area (Å²) in [7, 11) is 0. The second kappa shape index (κ2) is 7.64. The molecule has 0 aromatic rings. The van der Waals surface area contributed by atoms with Crippen LogP contribution in [0.1, 0.15) is 13.3 Å². The molecule has 0 saturated heterocycles. The average Bonchev–Trinajstić information content (AvgIpc) is 2.14. The molecule has 14 heavy (non-hydrogen) atoms. The Labute approximate surface area is 81.2 Å². The van der Waals surface area contributed by atoms with Crippen LogP contribution in [0.15, 0.2) is 0 Å². The fraction of sp³-hybridized carbons (Fsp3) is 0.875. The van der Waals surface area contributed by atoms with Gasteiger partial charge in [0.05, 0.1) is 6.61 Å². The number of amides is 1. The highest BCUT2D eigenvalue weighted by Gasteiger charge is 2.16. The van der Waals surface area contributed by atoms with Gasteiger partial charge in [-0.1, -0.05) is 0 Å². The smallest absolute Gasteiger partial charge is 0.265 e. The van der Waals surface area contributed by atoms with E-state index in [1.54, 1.807) is 6.92 Å². The van der Waals surface area contributed by atoms with Gasteiger partial charge in [-0.3, -0.25) is 4.79 Å². The number of carbonyl (C=O) groups excluding carboxylic acids is 1. The lowest BCUT2D eigenvalue weighted by Gasteiger charge is -2.10. The molecule has 0 radical (unpaired) electrons. The fourth-order valence-corrected chi connectivity index (χ4v) is 0.705. The van der Waals surface area contributed by atoms with Crippen molar-refractivity contribution in [1.29, 1.82) is 0 Å². The van der Waals surface area contributed by atoms with Crippen LogP contribution in [0.25, 0.3) is 0 Å². The van der Waals surface area contributed by atoms with Gasteiger partial charge in [0, 0.05) is 19.6 Å². The fourth-order valence-electron chi connectivity index (χ4n) is 0.705. The van der Waals surface area contributed by atoms with Crippen LogP contribution in [-0.4, -0.2) is 43.3 Å².